The maximum Gasteiger partial charge on any atom is 0.215 e. The Kier molecular flexibility index (Phi) is 10.7. The topological polar surface area (TPSA) is 77.0 Å². The molecule has 154 valence electrons. The first-order valence-corrected chi connectivity index (χ1v) is 11.3. The molecule has 2 rings (SSSR count). The van der Waals surface area contributed by atoms with Gasteiger partial charge in [0.25, 0.3) is 0 Å². The molecule has 0 spiro atoms. The molecule has 7 nitrogen and oxygen atoms in total. The normalized spacial score (nSPS) is 22.6. The molecule has 0 amide bonds. The fourth-order valence-corrected chi connectivity index (χ4v) is 5.34. The average molecular weight is 501 g/mol. The Balaban J connectivity index is 0.00000338. The van der Waals surface area contributed by atoms with E-state index in [0.717, 1.165) is 25.6 Å². The molecule has 1 unspecified atom stereocenters. The van der Waals surface area contributed by atoms with E-state index in [4.69, 9.17) is 0 Å². The molecule has 2 N–H and O–H groups in total. The maximum atomic E-state index is 12.2. The van der Waals surface area contributed by atoms with E-state index >= 15 is 0 Å². The molecule has 9 heteroatoms. The molecule has 0 radical (unpaired) electrons. The third-order valence-corrected chi connectivity index (χ3v) is 7.40. The lowest BCUT2D eigenvalue weighted by Crippen LogP contribution is -2.47. The molecule has 1 saturated carbocycles. The quantitative estimate of drug-likeness (QED) is 0.299. The van der Waals surface area contributed by atoms with Crippen molar-refractivity contribution < 1.29 is 8.42 Å². The van der Waals surface area contributed by atoms with Crippen LogP contribution in [0.15, 0.2) is 4.99 Å². The van der Waals surface area contributed by atoms with E-state index in [-0.39, 0.29) is 29.7 Å². The molecule has 0 aromatic heterocycles. The van der Waals surface area contributed by atoms with Gasteiger partial charge in [0.15, 0.2) is 5.96 Å². The van der Waals surface area contributed by atoms with Gasteiger partial charge in [-0.25, -0.2) is 12.7 Å². The average Bonchev–Trinajstić information content (AvgIpc) is 3.26. The zero-order chi connectivity index (χ0) is 18.3. The highest BCUT2D eigenvalue weighted by atomic mass is 127. The van der Waals surface area contributed by atoms with Crippen LogP contribution in [0.5, 0.6) is 0 Å². The molecule has 1 atom stereocenters. The minimum atomic E-state index is -3.19. The Morgan fingerprint density at radius 1 is 1.19 bits per heavy atom. The van der Waals surface area contributed by atoms with Gasteiger partial charge in [-0.15, -0.1) is 24.0 Å². The first-order chi connectivity index (χ1) is 12.0. The number of nitrogens with zero attached hydrogens (tertiary/aromatic N) is 3. The van der Waals surface area contributed by atoms with Crippen molar-refractivity contribution in [3.8, 4) is 0 Å². The second kappa shape index (κ2) is 11.7. The molecule has 0 aromatic carbocycles. The van der Waals surface area contributed by atoms with Gasteiger partial charge in [0.1, 0.15) is 0 Å². The van der Waals surface area contributed by atoms with Gasteiger partial charge in [0, 0.05) is 51.9 Å². The zero-order valence-corrected chi connectivity index (χ0v) is 19.6. The molecule has 1 aliphatic carbocycles. The van der Waals surface area contributed by atoms with Gasteiger partial charge in [-0.2, -0.15) is 0 Å². The minimum Gasteiger partial charge on any atom is -0.355 e. The fourth-order valence-electron chi connectivity index (χ4n) is 3.94. The molecule has 1 heterocycles. The second-order valence-corrected chi connectivity index (χ2v) is 9.05. The Hall–Kier alpha value is -0.130. The van der Waals surface area contributed by atoms with Gasteiger partial charge in [-0.1, -0.05) is 26.7 Å². The highest BCUT2D eigenvalue weighted by Gasteiger charge is 2.30. The number of halogens is 1. The summed E-state index contributed by atoms with van der Waals surface area (Å²) >= 11 is 0. The smallest absolute Gasteiger partial charge is 0.215 e. The van der Waals surface area contributed by atoms with Crippen molar-refractivity contribution in [1.82, 2.24) is 19.8 Å². The number of hydrogen-bond donors (Lipinski definition) is 2. The largest absolute Gasteiger partial charge is 0.355 e. The lowest BCUT2D eigenvalue weighted by Gasteiger charge is -2.24. The molecule has 0 bridgehead atoms. The number of rotatable bonds is 8. The third-order valence-electron chi connectivity index (χ3n) is 5.38. The van der Waals surface area contributed by atoms with Crippen molar-refractivity contribution in [1.29, 1.82) is 0 Å². The van der Waals surface area contributed by atoms with Crippen molar-refractivity contribution in [2.75, 3.05) is 45.5 Å². The van der Waals surface area contributed by atoms with Gasteiger partial charge >= 0.3 is 0 Å². The highest BCUT2D eigenvalue weighted by Crippen LogP contribution is 2.26. The monoisotopic (exact) mass is 501 g/mol. The van der Waals surface area contributed by atoms with Crippen molar-refractivity contribution >= 4 is 40.0 Å². The van der Waals surface area contributed by atoms with Crippen LogP contribution in [-0.2, 0) is 10.0 Å². The number of sulfonamides is 1. The predicted molar refractivity (Wildman–Crippen MR) is 119 cm³/mol. The van der Waals surface area contributed by atoms with E-state index < -0.39 is 10.0 Å². The van der Waals surface area contributed by atoms with Crippen LogP contribution >= 0.6 is 24.0 Å². The standard InChI is InChI=1S/C17H35N5O2S.HI/c1-4-22(5-2)25(23,24)13-11-19-17(18-3)20-15-10-12-21(14-15)16-8-6-7-9-16;/h15-16H,4-14H2,1-3H3,(H2,18,19,20);1H. The van der Waals surface area contributed by atoms with Crippen LogP contribution in [0.4, 0.5) is 0 Å². The first-order valence-electron chi connectivity index (χ1n) is 9.69. The van der Waals surface area contributed by atoms with Crippen LogP contribution in [0.3, 0.4) is 0 Å². The molecule has 26 heavy (non-hydrogen) atoms. The summed E-state index contributed by atoms with van der Waals surface area (Å²) in [4.78, 5) is 6.85. The van der Waals surface area contributed by atoms with E-state index in [1.807, 2.05) is 13.8 Å². The van der Waals surface area contributed by atoms with Gasteiger partial charge in [-0.3, -0.25) is 9.89 Å². The van der Waals surface area contributed by atoms with Crippen LogP contribution in [0, 0.1) is 0 Å². The molecular weight excluding hydrogens is 465 g/mol. The molecule has 1 aliphatic heterocycles. The molecule has 2 aliphatic rings. The number of aliphatic imine (C=N–C) groups is 1. The number of hydrogen-bond acceptors (Lipinski definition) is 4. The Morgan fingerprint density at radius 3 is 2.42 bits per heavy atom. The lowest BCUT2D eigenvalue weighted by molar-refractivity contribution is 0.242. The van der Waals surface area contributed by atoms with E-state index in [2.05, 4.69) is 20.5 Å². The summed E-state index contributed by atoms with van der Waals surface area (Å²) in [7, 11) is -1.46. The summed E-state index contributed by atoms with van der Waals surface area (Å²) in [6, 6.07) is 1.16. The third kappa shape index (κ3) is 6.79. The van der Waals surface area contributed by atoms with E-state index in [1.165, 1.54) is 30.0 Å². The molecule has 1 saturated heterocycles. The number of guanidine groups is 1. The highest BCUT2D eigenvalue weighted by molar-refractivity contribution is 14.0. The molecular formula is C17H36IN5O2S. The summed E-state index contributed by atoms with van der Waals surface area (Å²) in [5, 5.41) is 6.61. The summed E-state index contributed by atoms with van der Waals surface area (Å²) in [6.45, 7) is 7.35. The summed E-state index contributed by atoms with van der Waals surface area (Å²) in [6.07, 6.45) is 6.52. The van der Waals surface area contributed by atoms with Crippen molar-refractivity contribution in [3.05, 3.63) is 0 Å². The van der Waals surface area contributed by atoms with Crippen LogP contribution in [0.1, 0.15) is 46.0 Å². The van der Waals surface area contributed by atoms with Crippen molar-refractivity contribution in [2.45, 2.75) is 58.0 Å². The van der Waals surface area contributed by atoms with Crippen LogP contribution in [0.2, 0.25) is 0 Å². The summed E-state index contributed by atoms with van der Waals surface area (Å²) in [5.41, 5.74) is 0. The number of likely N-dealkylation sites (tertiary alicyclic amines) is 1. The van der Waals surface area contributed by atoms with Crippen LogP contribution < -0.4 is 10.6 Å². The maximum absolute atomic E-state index is 12.2. The van der Waals surface area contributed by atoms with E-state index in [1.54, 1.807) is 7.05 Å². The van der Waals surface area contributed by atoms with Gasteiger partial charge in [-0.05, 0) is 19.3 Å². The van der Waals surface area contributed by atoms with Gasteiger partial charge in [0.05, 0.1) is 5.75 Å². The van der Waals surface area contributed by atoms with Gasteiger partial charge in [0.2, 0.25) is 10.0 Å². The fraction of sp³-hybridized carbons (Fsp3) is 0.941. The second-order valence-electron chi connectivity index (χ2n) is 6.96. The first kappa shape index (κ1) is 23.9. The van der Waals surface area contributed by atoms with Crippen LogP contribution in [-0.4, -0.2) is 81.2 Å². The summed E-state index contributed by atoms with van der Waals surface area (Å²) < 4.78 is 25.9. The zero-order valence-electron chi connectivity index (χ0n) is 16.4. The Morgan fingerprint density at radius 2 is 1.85 bits per heavy atom. The summed E-state index contributed by atoms with van der Waals surface area (Å²) in [5.74, 6) is 0.793. The van der Waals surface area contributed by atoms with Crippen molar-refractivity contribution in [2.24, 2.45) is 4.99 Å². The lowest BCUT2D eigenvalue weighted by atomic mass is 10.2. The van der Waals surface area contributed by atoms with Crippen LogP contribution in [0.25, 0.3) is 0 Å². The predicted octanol–water partition coefficient (Wildman–Crippen LogP) is 1.46. The minimum absolute atomic E-state index is 0. The Labute approximate surface area is 176 Å². The Bertz CT molecular complexity index is 533. The van der Waals surface area contributed by atoms with E-state index in [0.29, 0.717) is 31.6 Å². The van der Waals surface area contributed by atoms with Crippen molar-refractivity contribution in [3.63, 3.8) is 0 Å². The molecule has 2 fully saturated rings. The van der Waals surface area contributed by atoms with E-state index in [9.17, 15) is 8.42 Å². The number of nitrogens with one attached hydrogen (secondary N) is 2. The molecule has 0 aromatic rings. The SMILES string of the molecule is CCN(CC)S(=O)(=O)CCNC(=NC)NC1CCN(C2CCCC2)C1.I. The van der Waals surface area contributed by atoms with Gasteiger partial charge < -0.3 is 10.6 Å².